The molecule has 0 fully saturated rings. The Bertz CT molecular complexity index is 1010. The van der Waals surface area contributed by atoms with E-state index in [-0.39, 0.29) is 18.4 Å². The molecule has 1 atom stereocenters. The number of methoxy groups -OCH3 is 1. The van der Waals surface area contributed by atoms with E-state index < -0.39 is 6.10 Å². The Morgan fingerprint density at radius 3 is 2.90 bits per heavy atom. The van der Waals surface area contributed by atoms with Crippen molar-refractivity contribution < 1.29 is 23.8 Å². The summed E-state index contributed by atoms with van der Waals surface area (Å²) < 4.78 is 16.0. The minimum Gasteiger partial charge on any atom is -0.493 e. The fourth-order valence-corrected chi connectivity index (χ4v) is 2.66. The van der Waals surface area contributed by atoms with Crippen molar-refractivity contribution in [2.45, 2.75) is 13.0 Å². The normalized spacial score (nSPS) is 14.9. The van der Waals surface area contributed by atoms with Crippen molar-refractivity contribution in [2.75, 3.05) is 24.4 Å². The highest BCUT2D eigenvalue weighted by atomic mass is 16.5. The van der Waals surface area contributed by atoms with E-state index in [1.165, 1.54) is 13.2 Å². The Labute approximate surface area is 167 Å². The van der Waals surface area contributed by atoms with Gasteiger partial charge in [0.25, 0.3) is 5.91 Å². The third kappa shape index (κ3) is 4.84. The van der Waals surface area contributed by atoms with Gasteiger partial charge in [0.05, 0.1) is 12.8 Å². The molecule has 2 N–H and O–H groups in total. The summed E-state index contributed by atoms with van der Waals surface area (Å²) >= 11 is 0. The molecule has 2 aromatic carbocycles. The van der Waals surface area contributed by atoms with E-state index in [9.17, 15) is 9.59 Å². The quantitative estimate of drug-likeness (QED) is 0.730. The van der Waals surface area contributed by atoms with E-state index >= 15 is 0 Å². The van der Waals surface area contributed by atoms with Gasteiger partial charge in [-0.3, -0.25) is 9.59 Å². The number of ether oxygens (including phenoxy) is 3. The van der Waals surface area contributed by atoms with E-state index in [0.717, 1.165) is 5.56 Å². The van der Waals surface area contributed by atoms with Gasteiger partial charge in [0, 0.05) is 11.8 Å². The van der Waals surface area contributed by atoms with Crippen LogP contribution >= 0.6 is 0 Å². The fourth-order valence-electron chi connectivity index (χ4n) is 2.66. The predicted octanol–water partition coefficient (Wildman–Crippen LogP) is 2.97. The van der Waals surface area contributed by atoms with Crippen LogP contribution in [-0.4, -0.2) is 31.6 Å². The van der Waals surface area contributed by atoms with Crippen molar-refractivity contribution in [1.82, 2.24) is 0 Å². The Kier molecular flexibility index (Phi) is 6.00. The van der Waals surface area contributed by atoms with Gasteiger partial charge >= 0.3 is 0 Å². The Balaban J connectivity index is 1.66. The fraction of sp³-hybridized carbons (Fsp3) is 0.190. The monoisotopic (exact) mass is 393 g/mol. The number of hydrogen-bond acceptors (Lipinski definition) is 6. The molecule has 1 aliphatic rings. The molecule has 0 saturated heterocycles. The minimum absolute atomic E-state index is 0.0842. The van der Waals surface area contributed by atoms with Crippen LogP contribution in [0.3, 0.4) is 0 Å². The molecule has 8 nitrogen and oxygen atoms in total. The molecular formula is C21H19N3O5. The maximum atomic E-state index is 12.2. The average molecular weight is 393 g/mol. The summed E-state index contributed by atoms with van der Waals surface area (Å²) in [4.78, 5) is 23.9. The molecule has 0 aliphatic carbocycles. The predicted molar refractivity (Wildman–Crippen MR) is 107 cm³/mol. The van der Waals surface area contributed by atoms with Crippen LogP contribution < -0.4 is 24.8 Å². The van der Waals surface area contributed by atoms with E-state index in [2.05, 4.69) is 10.6 Å². The molecule has 29 heavy (non-hydrogen) atoms. The Morgan fingerprint density at radius 1 is 1.31 bits per heavy atom. The van der Waals surface area contributed by atoms with E-state index in [1.807, 2.05) is 6.07 Å². The SMILES string of the molecule is COc1cc(/C=C/C(=O)Nc2ccc3c(c2)NC(=O)[C@H](C)O3)ccc1OCC#N. The summed E-state index contributed by atoms with van der Waals surface area (Å²) in [6.45, 7) is 1.58. The second kappa shape index (κ2) is 8.80. The molecule has 1 aliphatic heterocycles. The molecular weight excluding hydrogens is 374 g/mol. The second-order valence-corrected chi connectivity index (χ2v) is 6.14. The van der Waals surface area contributed by atoms with Gasteiger partial charge in [-0.15, -0.1) is 0 Å². The first-order valence-corrected chi connectivity index (χ1v) is 8.78. The molecule has 8 heteroatoms. The topological polar surface area (TPSA) is 110 Å². The Morgan fingerprint density at radius 2 is 2.14 bits per heavy atom. The van der Waals surface area contributed by atoms with Crippen LogP contribution in [-0.2, 0) is 9.59 Å². The van der Waals surface area contributed by atoms with E-state index in [0.29, 0.717) is 28.6 Å². The van der Waals surface area contributed by atoms with Crippen LogP contribution in [0, 0.1) is 11.3 Å². The van der Waals surface area contributed by atoms with Crippen molar-refractivity contribution in [3.63, 3.8) is 0 Å². The number of carbonyl (C=O) groups is 2. The summed E-state index contributed by atoms with van der Waals surface area (Å²) in [5.74, 6) is 0.879. The first kappa shape index (κ1) is 19.8. The van der Waals surface area contributed by atoms with Crippen molar-refractivity contribution >= 4 is 29.3 Å². The molecule has 2 aromatic rings. The van der Waals surface area contributed by atoms with Gasteiger partial charge < -0.3 is 24.8 Å². The third-order valence-corrected chi connectivity index (χ3v) is 4.09. The smallest absolute Gasteiger partial charge is 0.265 e. The molecule has 0 unspecified atom stereocenters. The third-order valence-electron chi connectivity index (χ3n) is 4.09. The number of anilines is 2. The second-order valence-electron chi connectivity index (χ2n) is 6.14. The summed E-state index contributed by atoms with van der Waals surface area (Å²) in [6.07, 6.45) is 2.44. The van der Waals surface area contributed by atoms with Gasteiger partial charge in [0.15, 0.2) is 24.2 Å². The van der Waals surface area contributed by atoms with Gasteiger partial charge in [0.2, 0.25) is 5.91 Å². The molecule has 0 saturated carbocycles. The van der Waals surface area contributed by atoms with E-state index in [4.69, 9.17) is 19.5 Å². The number of amides is 2. The lowest BCUT2D eigenvalue weighted by molar-refractivity contribution is -0.122. The highest BCUT2D eigenvalue weighted by molar-refractivity contribution is 6.03. The van der Waals surface area contributed by atoms with Gasteiger partial charge in [0.1, 0.15) is 11.8 Å². The van der Waals surface area contributed by atoms with E-state index in [1.54, 1.807) is 49.4 Å². The largest absolute Gasteiger partial charge is 0.493 e. The molecule has 148 valence electrons. The van der Waals surface area contributed by atoms with Crippen LogP contribution in [0.2, 0.25) is 0 Å². The molecule has 0 aromatic heterocycles. The Hall–Kier alpha value is -3.99. The lowest BCUT2D eigenvalue weighted by Crippen LogP contribution is -2.34. The van der Waals surface area contributed by atoms with Crippen LogP contribution in [0.4, 0.5) is 11.4 Å². The number of benzene rings is 2. The van der Waals surface area contributed by atoms with Crippen molar-refractivity contribution in [2.24, 2.45) is 0 Å². The molecule has 0 radical (unpaired) electrons. The first-order chi connectivity index (χ1) is 14.0. The molecule has 1 heterocycles. The summed E-state index contributed by atoms with van der Waals surface area (Å²) in [6, 6.07) is 12.0. The number of rotatable bonds is 6. The van der Waals surface area contributed by atoms with Crippen LogP contribution in [0.5, 0.6) is 17.2 Å². The number of nitrogens with zero attached hydrogens (tertiary/aromatic N) is 1. The highest BCUT2D eigenvalue weighted by Crippen LogP contribution is 2.32. The van der Waals surface area contributed by atoms with Crippen LogP contribution in [0.1, 0.15) is 12.5 Å². The molecule has 3 rings (SSSR count). The zero-order valence-corrected chi connectivity index (χ0v) is 15.9. The van der Waals surface area contributed by atoms with Gasteiger partial charge in [-0.2, -0.15) is 5.26 Å². The summed E-state index contributed by atoms with van der Waals surface area (Å²) in [7, 11) is 1.49. The van der Waals surface area contributed by atoms with Crippen molar-refractivity contribution in [3.05, 3.63) is 48.0 Å². The summed E-state index contributed by atoms with van der Waals surface area (Å²) in [5.41, 5.74) is 1.75. The zero-order chi connectivity index (χ0) is 20.8. The van der Waals surface area contributed by atoms with Crippen molar-refractivity contribution in [1.29, 1.82) is 5.26 Å². The molecule has 0 spiro atoms. The molecule has 0 bridgehead atoms. The van der Waals surface area contributed by atoms with Crippen LogP contribution in [0.15, 0.2) is 42.5 Å². The average Bonchev–Trinajstić information content (AvgIpc) is 2.72. The van der Waals surface area contributed by atoms with Crippen molar-refractivity contribution in [3.8, 4) is 23.3 Å². The number of nitrogens with one attached hydrogen (secondary N) is 2. The van der Waals surface area contributed by atoms with Gasteiger partial charge in [-0.05, 0) is 48.9 Å². The maximum absolute atomic E-state index is 12.2. The molecule has 2 amide bonds. The standard InChI is InChI=1S/C21H19N3O5/c1-13-21(26)24-16-12-15(5-7-17(16)29-13)23-20(25)8-4-14-3-6-18(28-10-9-22)19(11-14)27-2/h3-8,11-13H,10H2,1-2H3,(H,23,25)(H,24,26)/b8-4+/t13-/m0/s1. The lowest BCUT2D eigenvalue weighted by atomic mass is 10.2. The first-order valence-electron chi connectivity index (χ1n) is 8.78. The number of hydrogen-bond donors (Lipinski definition) is 2. The zero-order valence-electron chi connectivity index (χ0n) is 15.9. The number of fused-ring (bicyclic) bond motifs is 1. The maximum Gasteiger partial charge on any atom is 0.265 e. The number of nitriles is 1. The van der Waals surface area contributed by atoms with Crippen LogP contribution in [0.25, 0.3) is 6.08 Å². The minimum atomic E-state index is -0.556. The van der Waals surface area contributed by atoms with Gasteiger partial charge in [-0.25, -0.2) is 0 Å². The van der Waals surface area contributed by atoms with Gasteiger partial charge in [-0.1, -0.05) is 6.07 Å². The number of carbonyl (C=O) groups excluding carboxylic acids is 2. The lowest BCUT2D eigenvalue weighted by Gasteiger charge is -2.23. The highest BCUT2D eigenvalue weighted by Gasteiger charge is 2.23. The summed E-state index contributed by atoms with van der Waals surface area (Å²) in [5, 5.41) is 14.1.